The summed E-state index contributed by atoms with van der Waals surface area (Å²) in [7, 11) is 0. The van der Waals surface area contributed by atoms with Crippen LogP contribution in [0.5, 0.6) is 0 Å². The van der Waals surface area contributed by atoms with E-state index in [1.54, 1.807) is 0 Å². The minimum Gasteiger partial charge on any atom is -0.352 e. The Morgan fingerprint density at radius 2 is 1.75 bits per heavy atom. The molecule has 2 aromatic rings. The number of carbonyl (C=O) groups is 1. The molecule has 3 nitrogen and oxygen atoms in total. The lowest BCUT2D eigenvalue weighted by atomic mass is 10.1. The van der Waals surface area contributed by atoms with Gasteiger partial charge in [-0.2, -0.15) is 0 Å². The quantitative estimate of drug-likeness (QED) is 0.843. The van der Waals surface area contributed by atoms with Crippen LogP contribution in [0.1, 0.15) is 30.0 Å². The van der Waals surface area contributed by atoms with Crippen LogP contribution in [-0.4, -0.2) is 5.91 Å². The van der Waals surface area contributed by atoms with Crippen LogP contribution in [0.25, 0.3) is 5.57 Å². The summed E-state index contributed by atoms with van der Waals surface area (Å²) in [6.45, 7) is 3.41. The zero-order chi connectivity index (χ0) is 16.8. The molecule has 0 saturated heterocycles. The van der Waals surface area contributed by atoms with Crippen molar-refractivity contribution in [3.05, 3.63) is 89.8 Å². The number of hydrogen-bond acceptors (Lipinski definition) is 1. The predicted octanol–water partition coefficient (Wildman–Crippen LogP) is 2.67. The molecule has 3 rings (SSSR count). The minimum atomic E-state index is 0.0839. The van der Waals surface area contributed by atoms with E-state index in [-0.39, 0.29) is 5.91 Å². The van der Waals surface area contributed by atoms with E-state index in [0.717, 1.165) is 12.1 Å². The third-order valence-corrected chi connectivity index (χ3v) is 4.17. The summed E-state index contributed by atoms with van der Waals surface area (Å²) < 4.78 is 0. The Hall–Kier alpha value is -2.65. The zero-order valence-electron chi connectivity index (χ0n) is 14.0. The highest BCUT2D eigenvalue weighted by molar-refractivity contribution is 5.76. The van der Waals surface area contributed by atoms with Crippen molar-refractivity contribution >= 4 is 11.5 Å². The lowest BCUT2D eigenvalue weighted by Gasteiger charge is -2.07. The topological polar surface area (TPSA) is 33.5 Å². The summed E-state index contributed by atoms with van der Waals surface area (Å²) >= 11 is 0. The van der Waals surface area contributed by atoms with Crippen molar-refractivity contribution in [3.8, 4) is 0 Å². The van der Waals surface area contributed by atoms with Crippen molar-refractivity contribution in [2.75, 3.05) is 0 Å². The summed E-state index contributed by atoms with van der Waals surface area (Å²) in [6, 6.07) is 18.9. The van der Waals surface area contributed by atoms with Gasteiger partial charge in [0, 0.05) is 30.2 Å². The highest BCUT2D eigenvalue weighted by atomic mass is 16.1. The third-order valence-electron chi connectivity index (χ3n) is 4.17. The van der Waals surface area contributed by atoms with Gasteiger partial charge in [0.25, 0.3) is 0 Å². The molecule has 2 aromatic carbocycles. The summed E-state index contributed by atoms with van der Waals surface area (Å²) in [5, 5.41) is 2.90. The van der Waals surface area contributed by atoms with Crippen molar-refractivity contribution in [3.63, 3.8) is 0 Å². The molecule has 1 aliphatic rings. The fourth-order valence-electron chi connectivity index (χ4n) is 2.75. The van der Waals surface area contributed by atoms with Gasteiger partial charge in [0.1, 0.15) is 12.7 Å². The van der Waals surface area contributed by atoms with Crippen LogP contribution >= 0.6 is 0 Å². The Balaban J connectivity index is 1.61. The number of quaternary nitrogens is 1. The summed E-state index contributed by atoms with van der Waals surface area (Å²) in [4.78, 5) is 12.6. The Labute approximate surface area is 143 Å². The molecule has 0 fully saturated rings. The average molecular weight is 319 g/mol. The van der Waals surface area contributed by atoms with Crippen molar-refractivity contribution < 1.29 is 9.69 Å². The van der Waals surface area contributed by atoms with E-state index in [0.29, 0.717) is 13.0 Å². The normalized spacial score (nSPS) is 16.0. The van der Waals surface area contributed by atoms with Crippen molar-refractivity contribution in [1.29, 1.82) is 0 Å². The van der Waals surface area contributed by atoms with Crippen molar-refractivity contribution in [1.82, 2.24) is 5.32 Å². The summed E-state index contributed by atoms with van der Waals surface area (Å²) in [6.07, 6.45) is 7.14. The first-order valence-corrected chi connectivity index (χ1v) is 8.40. The fourth-order valence-corrected chi connectivity index (χ4v) is 2.75. The largest absolute Gasteiger partial charge is 0.352 e. The van der Waals surface area contributed by atoms with Crippen LogP contribution in [0.15, 0.2) is 73.1 Å². The number of benzene rings is 2. The van der Waals surface area contributed by atoms with E-state index in [9.17, 15) is 4.79 Å². The molecule has 24 heavy (non-hydrogen) atoms. The second-order valence-electron chi connectivity index (χ2n) is 6.00. The van der Waals surface area contributed by atoms with Crippen LogP contribution in [0.2, 0.25) is 0 Å². The number of carbonyl (C=O) groups excluding carboxylic acids is 1. The van der Waals surface area contributed by atoms with Gasteiger partial charge in [-0.25, -0.2) is 0 Å². The Bertz CT molecular complexity index is 745. The molecule has 0 spiro atoms. The maximum atomic E-state index is 11.3. The van der Waals surface area contributed by atoms with Gasteiger partial charge in [0.15, 0.2) is 0 Å². The van der Waals surface area contributed by atoms with Gasteiger partial charge in [-0.1, -0.05) is 61.5 Å². The SMILES string of the molecule is CCC(=O)NCc1ccc(C2=C[NH+](Cc3ccccc3)C=C2)cc1. The third kappa shape index (κ3) is 4.21. The van der Waals surface area contributed by atoms with E-state index < -0.39 is 0 Å². The molecule has 0 aromatic heterocycles. The van der Waals surface area contributed by atoms with Gasteiger partial charge in [-0.15, -0.1) is 0 Å². The second kappa shape index (κ2) is 7.75. The van der Waals surface area contributed by atoms with Gasteiger partial charge in [-0.05, 0) is 11.1 Å². The second-order valence-corrected chi connectivity index (χ2v) is 6.00. The lowest BCUT2D eigenvalue weighted by molar-refractivity contribution is -0.802. The van der Waals surface area contributed by atoms with Gasteiger partial charge in [-0.3, -0.25) is 9.69 Å². The maximum absolute atomic E-state index is 11.3. The molecule has 2 N–H and O–H groups in total. The van der Waals surface area contributed by atoms with Gasteiger partial charge < -0.3 is 5.32 Å². The first-order valence-electron chi connectivity index (χ1n) is 8.40. The molecule has 1 atom stereocenters. The van der Waals surface area contributed by atoms with E-state index in [4.69, 9.17) is 0 Å². The molecule has 0 saturated carbocycles. The predicted molar refractivity (Wildman–Crippen MR) is 96.8 cm³/mol. The molecule has 3 heteroatoms. The number of allylic oxidation sites excluding steroid dienone is 2. The lowest BCUT2D eigenvalue weighted by Crippen LogP contribution is -3.00. The first-order chi connectivity index (χ1) is 11.7. The van der Waals surface area contributed by atoms with E-state index in [1.165, 1.54) is 21.6 Å². The molecule has 0 bridgehead atoms. The number of hydrogen-bond donors (Lipinski definition) is 2. The Morgan fingerprint density at radius 3 is 2.46 bits per heavy atom. The average Bonchev–Trinajstić information content (AvgIpc) is 3.09. The highest BCUT2D eigenvalue weighted by Gasteiger charge is 2.13. The fraction of sp³-hybridized carbons (Fsp3) is 0.190. The Kier molecular flexibility index (Phi) is 5.24. The Morgan fingerprint density at radius 1 is 1.00 bits per heavy atom. The number of amides is 1. The molecule has 1 heterocycles. The van der Waals surface area contributed by atoms with Crippen LogP contribution in [0.3, 0.4) is 0 Å². The van der Waals surface area contributed by atoms with Gasteiger partial charge >= 0.3 is 0 Å². The number of nitrogens with one attached hydrogen (secondary N) is 2. The molecule has 1 aliphatic heterocycles. The number of rotatable bonds is 6. The van der Waals surface area contributed by atoms with E-state index in [1.807, 2.05) is 13.0 Å². The summed E-state index contributed by atoms with van der Waals surface area (Å²) in [5.74, 6) is 0.0839. The van der Waals surface area contributed by atoms with Crippen LogP contribution in [0, 0.1) is 0 Å². The van der Waals surface area contributed by atoms with Crippen LogP contribution < -0.4 is 10.2 Å². The molecule has 0 radical (unpaired) electrons. The minimum absolute atomic E-state index is 0.0839. The van der Waals surface area contributed by atoms with E-state index in [2.05, 4.69) is 72.3 Å². The van der Waals surface area contributed by atoms with Crippen LogP contribution in [0.4, 0.5) is 0 Å². The van der Waals surface area contributed by atoms with E-state index >= 15 is 0 Å². The molecular formula is C21H23N2O+. The van der Waals surface area contributed by atoms with Gasteiger partial charge in [0.2, 0.25) is 5.91 Å². The molecule has 1 amide bonds. The standard InChI is InChI=1S/C21H22N2O/c1-2-21(24)22-14-17-8-10-19(11-9-17)20-12-13-23(16-20)15-18-6-4-3-5-7-18/h3-13,16H,2,14-15H2,1H3,(H,22,24)/p+1. The molecular weight excluding hydrogens is 296 g/mol. The zero-order valence-corrected chi connectivity index (χ0v) is 14.0. The summed E-state index contributed by atoms with van der Waals surface area (Å²) in [5.41, 5.74) is 4.90. The maximum Gasteiger partial charge on any atom is 0.219 e. The highest BCUT2D eigenvalue weighted by Crippen LogP contribution is 2.17. The van der Waals surface area contributed by atoms with Gasteiger partial charge in [0.05, 0.1) is 6.20 Å². The molecule has 1 unspecified atom stereocenters. The molecule has 122 valence electrons. The first kappa shape index (κ1) is 16.2. The molecule has 0 aliphatic carbocycles. The van der Waals surface area contributed by atoms with Crippen LogP contribution in [-0.2, 0) is 17.9 Å². The van der Waals surface area contributed by atoms with Crippen molar-refractivity contribution in [2.24, 2.45) is 0 Å². The monoisotopic (exact) mass is 319 g/mol. The van der Waals surface area contributed by atoms with Crippen molar-refractivity contribution in [2.45, 2.75) is 26.4 Å². The smallest absolute Gasteiger partial charge is 0.219 e.